The third-order valence-corrected chi connectivity index (χ3v) is 3.92. The molecule has 2 aromatic rings. The molecule has 0 aromatic carbocycles. The Balaban J connectivity index is 2.17. The summed E-state index contributed by atoms with van der Waals surface area (Å²) in [7, 11) is 0. The SMILES string of the molecule is Cc1cscc1-c1nc2c(c(=O)[nH]1)CCNC2. The molecule has 1 aliphatic rings. The number of fused-ring (bicyclic) bond motifs is 1. The molecule has 3 heterocycles. The summed E-state index contributed by atoms with van der Waals surface area (Å²) >= 11 is 1.63. The summed E-state index contributed by atoms with van der Waals surface area (Å²) in [6, 6.07) is 0. The van der Waals surface area contributed by atoms with Gasteiger partial charge in [-0.3, -0.25) is 4.79 Å². The van der Waals surface area contributed by atoms with E-state index in [1.807, 2.05) is 12.3 Å². The van der Waals surface area contributed by atoms with Gasteiger partial charge in [0.15, 0.2) is 0 Å². The van der Waals surface area contributed by atoms with Gasteiger partial charge in [0.2, 0.25) is 0 Å². The molecule has 2 N–H and O–H groups in total. The van der Waals surface area contributed by atoms with Crippen LogP contribution in [0, 0.1) is 6.92 Å². The van der Waals surface area contributed by atoms with E-state index >= 15 is 0 Å². The number of hydrogen-bond donors (Lipinski definition) is 2. The first-order valence-corrected chi connectivity index (χ1v) is 6.56. The molecule has 0 fully saturated rings. The van der Waals surface area contributed by atoms with Crippen LogP contribution < -0.4 is 10.9 Å². The lowest BCUT2D eigenvalue weighted by Crippen LogP contribution is -2.31. The summed E-state index contributed by atoms with van der Waals surface area (Å²) < 4.78 is 0. The van der Waals surface area contributed by atoms with Crippen LogP contribution in [0.15, 0.2) is 15.6 Å². The Hall–Kier alpha value is -1.46. The fourth-order valence-electron chi connectivity index (χ4n) is 2.10. The van der Waals surface area contributed by atoms with Gasteiger partial charge >= 0.3 is 0 Å². The highest BCUT2D eigenvalue weighted by Gasteiger charge is 2.16. The molecule has 4 nitrogen and oxygen atoms in total. The summed E-state index contributed by atoms with van der Waals surface area (Å²) in [6.45, 7) is 3.58. The van der Waals surface area contributed by atoms with Crippen molar-refractivity contribution in [2.45, 2.75) is 19.9 Å². The molecule has 0 spiro atoms. The van der Waals surface area contributed by atoms with Gasteiger partial charge in [0.25, 0.3) is 5.56 Å². The number of nitrogens with zero attached hydrogens (tertiary/aromatic N) is 1. The molecular weight excluding hydrogens is 234 g/mol. The quantitative estimate of drug-likeness (QED) is 0.802. The van der Waals surface area contributed by atoms with E-state index in [2.05, 4.69) is 20.7 Å². The largest absolute Gasteiger partial charge is 0.311 e. The minimum absolute atomic E-state index is 0.0112. The number of aryl methyl sites for hydroxylation is 1. The molecule has 0 amide bonds. The lowest BCUT2D eigenvalue weighted by molar-refractivity contribution is 0.619. The summed E-state index contributed by atoms with van der Waals surface area (Å²) in [5, 5.41) is 7.33. The predicted molar refractivity (Wildman–Crippen MR) is 68.3 cm³/mol. The highest BCUT2D eigenvalue weighted by atomic mass is 32.1. The van der Waals surface area contributed by atoms with Crippen molar-refractivity contribution >= 4 is 11.3 Å². The van der Waals surface area contributed by atoms with Crippen LogP contribution in [0.4, 0.5) is 0 Å². The van der Waals surface area contributed by atoms with Crippen LogP contribution >= 0.6 is 11.3 Å². The average Bonchev–Trinajstić information content (AvgIpc) is 2.75. The van der Waals surface area contributed by atoms with E-state index < -0.39 is 0 Å². The van der Waals surface area contributed by atoms with Gasteiger partial charge in [0.1, 0.15) is 5.82 Å². The topological polar surface area (TPSA) is 57.8 Å². The van der Waals surface area contributed by atoms with Gasteiger partial charge in [0, 0.05) is 23.1 Å². The molecule has 0 saturated heterocycles. The first kappa shape index (κ1) is 10.7. The Labute approximate surface area is 103 Å². The van der Waals surface area contributed by atoms with Gasteiger partial charge in [-0.15, -0.1) is 0 Å². The average molecular weight is 247 g/mol. The van der Waals surface area contributed by atoms with Crippen molar-refractivity contribution in [1.82, 2.24) is 15.3 Å². The maximum atomic E-state index is 12.0. The monoisotopic (exact) mass is 247 g/mol. The zero-order chi connectivity index (χ0) is 11.8. The highest BCUT2D eigenvalue weighted by Crippen LogP contribution is 2.23. The van der Waals surface area contributed by atoms with E-state index in [0.717, 1.165) is 35.3 Å². The Morgan fingerprint density at radius 2 is 2.29 bits per heavy atom. The summed E-state index contributed by atoms with van der Waals surface area (Å²) in [4.78, 5) is 19.4. The number of rotatable bonds is 1. The van der Waals surface area contributed by atoms with Crippen molar-refractivity contribution in [3.63, 3.8) is 0 Å². The molecule has 1 aliphatic heterocycles. The van der Waals surface area contributed by atoms with Gasteiger partial charge in [-0.1, -0.05) is 0 Å². The van der Waals surface area contributed by atoms with Crippen molar-refractivity contribution in [3.8, 4) is 11.4 Å². The van der Waals surface area contributed by atoms with Gasteiger partial charge in [0.05, 0.1) is 5.69 Å². The van der Waals surface area contributed by atoms with E-state index in [1.54, 1.807) is 11.3 Å². The second kappa shape index (κ2) is 4.09. The summed E-state index contributed by atoms with van der Waals surface area (Å²) in [5.41, 5.74) is 3.92. The first-order valence-electron chi connectivity index (χ1n) is 5.61. The highest BCUT2D eigenvalue weighted by molar-refractivity contribution is 7.08. The summed E-state index contributed by atoms with van der Waals surface area (Å²) in [6.07, 6.45) is 0.764. The van der Waals surface area contributed by atoms with Crippen molar-refractivity contribution in [2.24, 2.45) is 0 Å². The number of aromatic amines is 1. The number of thiophene rings is 1. The molecule has 0 bridgehead atoms. The molecule has 0 unspecified atom stereocenters. The fourth-order valence-corrected chi connectivity index (χ4v) is 2.93. The molecular formula is C12H13N3OS. The Kier molecular flexibility index (Phi) is 2.57. The second-order valence-electron chi connectivity index (χ2n) is 4.24. The lowest BCUT2D eigenvalue weighted by Gasteiger charge is -2.15. The molecule has 88 valence electrons. The number of aromatic nitrogens is 2. The van der Waals surface area contributed by atoms with Gasteiger partial charge in [-0.25, -0.2) is 4.98 Å². The Morgan fingerprint density at radius 3 is 3.06 bits per heavy atom. The van der Waals surface area contributed by atoms with Crippen molar-refractivity contribution in [3.05, 3.63) is 37.9 Å². The van der Waals surface area contributed by atoms with Crippen molar-refractivity contribution < 1.29 is 0 Å². The van der Waals surface area contributed by atoms with Crippen LogP contribution in [0.3, 0.4) is 0 Å². The smallest absolute Gasteiger partial charge is 0.254 e. The Morgan fingerprint density at radius 1 is 1.41 bits per heavy atom. The third-order valence-electron chi connectivity index (χ3n) is 3.06. The Bertz CT molecular complexity index is 614. The van der Waals surface area contributed by atoms with Gasteiger partial charge in [-0.05, 0) is 30.8 Å². The number of H-pyrrole nitrogens is 1. The molecule has 17 heavy (non-hydrogen) atoms. The first-order chi connectivity index (χ1) is 8.25. The van der Waals surface area contributed by atoms with E-state index in [0.29, 0.717) is 12.4 Å². The molecule has 2 aromatic heterocycles. The zero-order valence-corrected chi connectivity index (χ0v) is 10.4. The summed E-state index contributed by atoms with van der Waals surface area (Å²) in [5.74, 6) is 0.691. The van der Waals surface area contributed by atoms with E-state index in [4.69, 9.17) is 0 Å². The van der Waals surface area contributed by atoms with Crippen LogP contribution in [0.5, 0.6) is 0 Å². The number of nitrogens with one attached hydrogen (secondary N) is 2. The van der Waals surface area contributed by atoms with E-state index in [1.165, 1.54) is 0 Å². The molecule has 3 rings (SSSR count). The predicted octanol–water partition coefficient (Wildman–Crippen LogP) is 1.45. The third kappa shape index (κ3) is 1.81. The van der Waals surface area contributed by atoms with Gasteiger partial charge < -0.3 is 10.3 Å². The molecule has 0 saturated carbocycles. The lowest BCUT2D eigenvalue weighted by atomic mass is 10.1. The normalized spacial score (nSPS) is 14.6. The minimum Gasteiger partial charge on any atom is -0.311 e. The zero-order valence-electron chi connectivity index (χ0n) is 9.54. The van der Waals surface area contributed by atoms with Crippen LogP contribution in [-0.4, -0.2) is 16.5 Å². The second-order valence-corrected chi connectivity index (χ2v) is 4.98. The maximum Gasteiger partial charge on any atom is 0.254 e. The van der Waals surface area contributed by atoms with Crippen LogP contribution in [0.2, 0.25) is 0 Å². The fraction of sp³-hybridized carbons (Fsp3) is 0.333. The molecule has 0 atom stereocenters. The van der Waals surface area contributed by atoms with Crippen LogP contribution in [0.25, 0.3) is 11.4 Å². The van der Waals surface area contributed by atoms with Crippen molar-refractivity contribution in [1.29, 1.82) is 0 Å². The molecule has 0 radical (unpaired) electrons. The van der Waals surface area contributed by atoms with Crippen molar-refractivity contribution in [2.75, 3.05) is 6.54 Å². The van der Waals surface area contributed by atoms with Gasteiger partial charge in [-0.2, -0.15) is 11.3 Å². The number of hydrogen-bond acceptors (Lipinski definition) is 4. The minimum atomic E-state index is 0.0112. The molecule has 0 aliphatic carbocycles. The maximum absolute atomic E-state index is 12.0. The van der Waals surface area contributed by atoms with Crippen LogP contribution in [0.1, 0.15) is 16.8 Å². The van der Waals surface area contributed by atoms with E-state index in [-0.39, 0.29) is 5.56 Å². The standard InChI is InChI=1S/C12H13N3OS/c1-7-5-17-6-9(7)11-14-10-4-13-3-2-8(10)12(16)15-11/h5-6,13H,2-4H2,1H3,(H,14,15,16). The molecule has 5 heteroatoms. The van der Waals surface area contributed by atoms with Crippen LogP contribution in [-0.2, 0) is 13.0 Å². The van der Waals surface area contributed by atoms with E-state index in [9.17, 15) is 4.79 Å².